The largest absolute Gasteiger partial charge is 0.382 e. The number of hydrogen-bond donors (Lipinski definition) is 1. The van der Waals surface area contributed by atoms with Crippen LogP contribution < -0.4 is 5.73 Å². The summed E-state index contributed by atoms with van der Waals surface area (Å²) in [6.07, 6.45) is 13.7. The van der Waals surface area contributed by atoms with Gasteiger partial charge in [0.05, 0.1) is 31.2 Å². The first-order chi connectivity index (χ1) is 20.6. The second-order valence-corrected chi connectivity index (χ2v) is 10.3. The first-order valence-corrected chi connectivity index (χ1v) is 13.9. The van der Waals surface area contributed by atoms with Crippen LogP contribution in [0.2, 0.25) is 0 Å². The third-order valence-electron chi connectivity index (χ3n) is 7.74. The molecule has 42 heavy (non-hydrogen) atoms. The van der Waals surface area contributed by atoms with E-state index in [9.17, 15) is 4.79 Å². The highest BCUT2D eigenvalue weighted by atomic mass is 16.2. The van der Waals surface area contributed by atoms with E-state index in [4.69, 9.17) is 11.3 Å². The van der Waals surface area contributed by atoms with E-state index in [2.05, 4.69) is 70.6 Å². The molecular weight excluding hydrogens is 534 g/mol. The fraction of sp³-hybridized carbons (Fsp3) is 0.357. The lowest BCUT2D eigenvalue weighted by molar-refractivity contribution is -0.131. The quantitative estimate of drug-likeness (QED) is 0.183. The second kappa shape index (κ2) is 12.2. The van der Waals surface area contributed by atoms with Crippen LogP contribution in [-0.2, 0) is 11.3 Å². The summed E-state index contributed by atoms with van der Waals surface area (Å²) in [6.45, 7) is 2.67. The van der Waals surface area contributed by atoms with Gasteiger partial charge >= 0.3 is 0 Å². The van der Waals surface area contributed by atoms with Gasteiger partial charge < -0.3 is 15.2 Å². The Morgan fingerprint density at radius 2 is 1.90 bits per heavy atom. The van der Waals surface area contributed by atoms with Gasteiger partial charge in [-0.2, -0.15) is 0 Å². The molecule has 3 aliphatic heterocycles. The number of carbonyl (C=O) groups is 1. The Bertz CT molecular complexity index is 1610. The fourth-order valence-corrected chi connectivity index (χ4v) is 5.73. The number of amides is 1. The standard InChI is InChI=1S/C28H31N13O/c29-27-24-28(32-18-31-24)40(19-33-27)16-22-17-41(37-35-22)26(21-9-5-2-6-10-21)25(20-7-3-1-4-8-20)39-13-11-38(12-14-39)23(42)15-34-36-30/h1,3-5,7-10,17-19,25-26H,2,6,11-16,29H2/t25-,26+/m0/s1. The Labute approximate surface area is 242 Å². The molecule has 0 saturated carbocycles. The van der Waals surface area contributed by atoms with Crippen molar-refractivity contribution in [2.45, 2.75) is 31.5 Å². The molecule has 1 aromatic carbocycles. The molecule has 1 amide bonds. The number of hydrogen-bond acceptors (Lipinski definition) is 9. The van der Waals surface area contributed by atoms with Crippen molar-refractivity contribution in [3.63, 3.8) is 0 Å². The van der Waals surface area contributed by atoms with Gasteiger partial charge in [-0.25, -0.2) is 19.6 Å². The molecule has 2 N–H and O–H groups in total. The molecule has 14 nitrogen and oxygen atoms in total. The van der Waals surface area contributed by atoms with Gasteiger partial charge in [0.1, 0.15) is 24.3 Å². The van der Waals surface area contributed by atoms with E-state index in [1.165, 1.54) is 11.9 Å². The number of nitrogens with zero attached hydrogens (tertiary/aromatic N) is 12. The van der Waals surface area contributed by atoms with Crippen molar-refractivity contribution in [3.8, 4) is 11.5 Å². The lowest BCUT2D eigenvalue weighted by atomic mass is 9.88. The van der Waals surface area contributed by atoms with Gasteiger partial charge in [0.25, 0.3) is 0 Å². The Hall–Kier alpha value is -5.07. The van der Waals surface area contributed by atoms with Crippen LogP contribution in [0.1, 0.15) is 36.2 Å². The molecule has 4 heterocycles. The summed E-state index contributed by atoms with van der Waals surface area (Å²) in [5.74, 6) is 0.822. The van der Waals surface area contributed by atoms with Crippen LogP contribution in [0.3, 0.4) is 0 Å². The van der Waals surface area contributed by atoms with Crippen molar-refractivity contribution in [3.05, 3.63) is 94.7 Å². The van der Waals surface area contributed by atoms with Gasteiger partial charge in [0, 0.05) is 31.1 Å². The summed E-state index contributed by atoms with van der Waals surface area (Å²) in [4.78, 5) is 32.3. The van der Waals surface area contributed by atoms with E-state index in [1.807, 2.05) is 33.6 Å². The van der Waals surface area contributed by atoms with Crippen molar-refractivity contribution in [2.24, 2.45) is 5.11 Å². The molecule has 0 radical (unpaired) electrons. The summed E-state index contributed by atoms with van der Waals surface area (Å²) in [7, 11) is 0. The molecule has 0 spiro atoms. The highest BCUT2D eigenvalue weighted by molar-refractivity contribution is 5.78. The molecule has 2 aromatic rings. The second-order valence-electron chi connectivity index (χ2n) is 10.3. The number of benzene rings is 1. The van der Waals surface area contributed by atoms with Gasteiger partial charge in [-0.1, -0.05) is 58.9 Å². The predicted octanol–water partition coefficient (Wildman–Crippen LogP) is 3.01. The van der Waals surface area contributed by atoms with Crippen molar-refractivity contribution in [1.29, 1.82) is 0 Å². The Balaban J connectivity index is 1.32. The Morgan fingerprint density at radius 1 is 1.07 bits per heavy atom. The van der Waals surface area contributed by atoms with Crippen LogP contribution >= 0.6 is 0 Å². The number of fused-ring (bicyclic) bond motifs is 1. The number of allylic oxidation sites excluding steroid dienone is 3. The lowest BCUT2D eigenvalue weighted by Crippen LogP contribution is -2.51. The van der Waals surface area contributed by atoms with Gasteiger partial charge in [0.15, 0.2) is 11.6 Å². The van der Waals surface area contributed by atoms with Crippen LogP contribution in [-0.4, -0.2) is 82.9 Å². The van der Waals surface area contributed by atoms with Crippen LogP contribution in [0, 0.1) is 0 Å². The van der Waals surface area contributed by atoms with E-state index in [0.29, 0.717) is 50.1 Å². The third kappa shape index (κ3) is 5.57. The van der Waals surface area contributed by atoms with Crippen molar-refractivity contribution in [2.75, 3.05) is 38.5 Å². The maximum atomic E-state index is 12.5. The van der Waals surface area contributed by atoms with E-state index >= 15 is 0 Å². The fourth-order valence-electron chi connectivity index (χ4n) is 5.73. The van der Waals surface area contributed by atoms with Gasteiger partial charge in [-0.05, 0) is 29.5 Å². The minimum Gasteiger partial charge on any atom is -0.382 e. The van der Waals surface area contributed by atoms with E-state index in [-0.39, 0.29) is 24.5 Å². The predicted molar refractivity (Wildman–Crippen MR) is 155 cm³/mol. The number of nitrogens with two attached hydrogens (primary N) is 1. The number of azide groups is 1. The maximum absolute atomic E-state index is 12.5. The van der Waals surface area contributed by atoms with Gasteiger partial charge in [-0.15, -0.1) is 5.10 Å². The SMILES string of the molecule is [N-]=[N+]=NCC(=O)N1CCN([C@@H](c2ccccc2)[C@@H](C2=CCCC=C2)n2cc(Cn3cnc(N)c4ncnc3-4)nn2)CC1. The average Bonchev–Trinajstić information content (AvgIpc) is 3.72. The molecule has 214 valence electrons. The van der Waals surface area contributed by atoms with Crippen LogP contribution in [0.25, 0.3) is 22.0 Å². The zero-order chi connectivity index (χ0) is 28.9. The monoisotopic (exact) mass is 565 g/mol. The molecule has 1 saturated heterocycles. The molecule has 0 bridgehead atoms. The molecular formula is C28H31N13O. The highest BCUT2D eigenvalue weighted by Crippen LogP contribution is 2.39. The van der Waals surface area contributed by atoms with Crippen molar-refractivity contribution >= 4 is 11.7 Å². The molecule has 1 aromatic heterocycles. The number of rotatable bonds is 9. The molecule has 1 fully saturated rings. The highest BCUT2D eigenvalue weighted by Gasteiger charge is 2.36. The summed E-state index contributed by atoms with van der Waals surface area (Å²) in [5, 5.41) is 12.7. The van der Waals surface area contributed by atoms with Crippen molar-refractivity contribution < 1.29 is 4.79 Å². The molecule has 6 rings (SSSR count). The lowest BCUT2D eigenvalue weighted by Gasteiger charge is -2.43. The molecule has 0 unspecified atom stereocenters. The number of aromatic nitrogens is 7. The van der Waals surface area contributed by atoms with Gasteiger partial charge in [-0.3, -0.25) is 9.69 Å². The number of imidazole rings is 1. The van der Waals surface area contributed by atoms with Crippen LogP contribution in [0.15, 0.2) is 78.1 Å². The first-order valence-electron chi connectivity index (χ1n) is 13.9. The third-order valence-corrected chi connectivity index (χ3v) is 7.74. The zero-order valence-electron chi connectivity index (χ0n) is 23.0. The van der Waals surface area contributed by atoms with E-state index in [0.717, 1.165) is 24.1 Å². The Morgan fingerprint density at radius 3 is 2.67 bits per heavy atom. The minimum absolute atomic E-state index is 0.0670. The average molecular weight is 566 g/mol. The minimum atomic E-state index is -0.163. The molecule has 14 heteroatoms. The van der Waals surface area contributed by atoms with Gasteiger partial charge in [0.2, 0.25) is 5.91 Å². The first kappa shape index (κ1) is 27.1. The molecule has 2 atom stereocenters. The summed E-state index contributed by atoms with van der Waals surface area (Å²) in [5.41, 5.74) is 18.2. The maximum Gasteiger partial charge on any atom is 0.228 e. The summed E-state index contributed by atoms with van der Waals surface area (Å²) in [6, 6.07) is 10.2. The summed E-state index contributed by atoms with van der Waals surface area (Å²) < 4.78 is 3.82. The van der Waals surface area contributed by atoms with Crippen LogP contribution in [0.5, 0.6) is 0 Å². The number of nitrogen functional groups attached to an aromatic ring is 1. The number of piperazine rings is 1. The normalized spacial score (nSPS) is 17.0. The number of carbonyl (C=O) groups excluding carboxylic acids is 1. The molecule has 4 aliphatic rings. The number of anilines is 1. The van der Waals surface area contributed by atoms with E-state index < -0.39 is 0 Å². The van der Waals surface area contributed by atoms with E-state index in [1.54, 1.807) is 11.2 Å². The molecule has 1 aliphatic carbocycles. The smallest absolute Gasteiger partial charge is 0.228 e. The zero-order valence-corrected chi connectivity index (χ0v) is 23.0. The van der Waals surface area contributed by atoms with Crippen LogP contribution in [0.4, 0.5) is 5.82 Å². The van der Waals surface area contributed by atoms with Crippen molar-refractivity contribution in [1.82, 2.24) is 44.3 Å². The Kier molecular flexibility index (Phi) is 7.88. The topological polar surface area (TPSA) is 173 Å². The summed E-state index contributed by atoms with van der Waals surface area (Å²) >= 11 is 0.